The fourth-order valence-corrected chi connectivity index (χ4v) is 2.96. The molecule has 0 atom stereocenters. The van der Waals surface area contributed by atoms with E-state index in [1.165, 1.54) is 36.1 Å². The highest BCUT2D eigenvalue weighted by atomic mass is 19.1. The van der Waals surface area contributed by atoms with Crippen LogP contribution in [0.15, 0.2) is 34.1 Å². The lowest BCUT2D eigenvalue weighted by Gasteiger charge is -2.09. The first-order valence-corrected chi connectivity index (χ1v) is 8.46. The van der Waals surface area contributed by atoms with Crippen LogP contribution >= 0.6 is 0 Å². The van der Waals surface area contributed by atoms with Crippen LogP contribution in [0, 0.1) is 12.7 Å². The number of halogens is 1. The van der Waals surface area contributed by atoms with Gasteiger partial charge in [-0.15, -0.1) is 0 Å². The average molecular weight is 373 g/mol. The summed E-state index contributed by atoms with van der Waals surface area (Å²) in [6, 6.07) is 4.17. The van der Waals surface area contributed by atoms with Crippen LogP contribution < -0.4 is 16.6 Å². The fourth-order valence-electron chi connectivity index (χ4n) is 2.96. The van der Waals surface area contributed by atoms with Crippen LogP contribution in [0.2, 0.25) is 0 Å². The number of hydrogen-bond donors (Lipinski definition) is 1. The second-order valence-electron chi connectivity index (χ2n) is 6.43. The number of benzene rings is 1. The predicted octanol–water partition coefficient (Wildman–Crippen LogP) is 1.30. The van der Waals surface area contributed by atoms with Crippen molar-refractivity contribution in [3.8, 4) is 0 Å². The number of nitrogens with zero attached hydrogens (tertiary/aromatic N) is 4. The molecule has 0 fully saturated rings. The van der Waals surface area contributed by atoms with Gasteiger partial charge in [-0.2, -0.15) is 0 Å². The van der Waals surface area contributed by atoms with E-state index in [4.69, 9.17) is 0 Å². The highest BCUT2D eigenvalue weighted by Gasteiger charge is 2.14. The molecule has 2 heterocycles. The SMILES string of the molecule is Cc1cc(F)ccc1NC(=O)CCCn1cnc2c1c(=O)n(C)c(=O)n2C. The number of anilines is 1. The van der Waals surface area contributed by atoms with Crippen LogP contribution in [-0.4, -0.2) is 24.6 Å². The van der Waals surface area contributed by atoms with Gasteiger partial charge in [0.15, 0.2) is 11.2 Å². The summed E-state index contributed by atoms with van der Waals surface area (Å²) in [5.74, 6) is -0.553. The van der Waals surface area contributed by atoms with E-state index < -0.39 is 11.2 Å². The first kappa shape index (κ1) is 18.6. The lowest BCUT2D eigenvalue weighted by atomic mass is 10.2. The number of aromatic nitrogens is 4. The minimum Gasteiger partial charge on any atom is -0.326 e. The summed E-state index contributed by atoms with van der Waals surface area (Å²) < 4.78 is 17.1. The quantitative estimate of drug-likeness (QED) is 0.730. The Bertz CT molecular complexity index is 1140. The molecular weight excluding hydrogens is 353 g/mol. The molecule has 0 radical (unpaired) electrons. The normalized spacial score (nSPS) is 11.1. The maximum atomic E-state index is 13.1. The van der Waals surface area contributed by atoms with E-state index in [1.807, 2.05) is 0 Å². The van der Waals surface area contributed by atoms with Gasteiger partial charge in [0.05, 0.1) is 6.33 Å². The van der Waals surface area contributed by atoms with Crippen LogP contribution in [0.25, 0.3) is 11.2 Å². The number of hydrogen-bond acceptors (Lipinski definition) is 4. The Hall–Kier alpha value is -3.23. The second kappa shape index (κ2) is 7.18. The third-order valence-electron chi connectivity index (χ3n) is 4.48. The molecule has 0 saturated heterocycles. The van der Waals surface area contributed by atoms with Crippen molar-refractivity contribution in [1.29, 1.82) is 0 Å². The standard InChI is InChI=1S/C18H20FN5O3/c1-11-9-12(19)6-7-13(11)21-14(25)5-4-8-24-10-20-16-15(24)17(26)23(3)18(27)22(16)2/h6-7,9-10H,4-5,8H2,1-3H3,(H,21,25). The van der Waals surface area contributed by atoms with Gasteiger partial charge in [0, 0.05) is 32.7 Å². The molecule has 2 aromatic heterocycles. The van der Waals surface area contributed by atoms with Crippen LogP contribution in [-0.2, 0) is 25.4 Å². The Morgan fingerprint density at radius 3 is 2.67 bits per heavy atom. The second-order valence-corrected chi connectivity index (χ2v) is 6.43. The molecule has 1 amide bonds. The predicted molar refractivity (Wildman–Crippen MR) is 99.2 cm³/mol. The minimum absolute atomic E-state index is 0.200. The van der Waals surface area contributed by atoms with Crippen LogP contribution in [0.3, 0.4) is 0 Å². The highest BCUT2D eigenvalue weighted by molar-refractivity contribution is 5.91. The van der Waals surface area contributed by atoms with Gasteiger partial charge in [-0.25, -0.2) is 14.2 Å². The van der Waals surface area contributed by atoms with Gasteiger partial charge < -0.3 is 9.88 Å². The highest BCUT2D eigenvalue weighted by Crippen LogP contribution is 2.16. The molecule has 0 aliphatic carbocycles. The molecule has 0 saturated carbocycles. The summed E-state index contributed by atoms with van der Waals surface area (Å²) in [7, 11) is 2.97. The molecule has 0 spiro atoms. The summed E-state index contributed by atoms with van der Waals surface area (Å²) in [5.41, 5.74) is 0.999. The van der Waals surface area contributed by atoms with Gasteiger partial charge in [-0.3, -0.25) is 18.7 Å². The zero-order chi connectivity index (χ0) is 19.7. The smallest absolute Gasteiger partial charge is 0.326 e. The Morgan fingerprint density at radius 2 is 1.96 bits per heavy atom. The van der Waals surface area contributed by atoms with Gasteiger partial charge in [0.2, 0.25) is 5.91 Å². The van der Waals surface area contributed by atoms with Crippen molar-refractivity contribution in [2.24, 2.45) is 14.1 Å². The molecule has 0 unspecified atom stereocenters. The van der Waals surface area contributed by atoms with E-state index in [1.54, 1.807) is 18.5 Å². The molecule has 8 nitrogen and oxygen atoms in total. The monoisotopic (exact) mass is 373 g/mol. The molecule has 3 aromatic rings. The largest absolute Gasteiger partial charge is 0.332 e. The zero-order valence-corrected chi connectivity index (χ0v) is 15.3. The van der Waals surface area contributed by atoms with E-state index in [0.29, 0.717) is 35.4 Å². The van der Waals surface area contributed by atoms with Crippen molar-refractivity contribution in [2.45, 2.75) is 26.3 Å². The van der Waals surface area contributed by atoms with Crippen molar-refractivity contribution in [1.82, 2.24) is 18.7 Å². The molecule has 9 heteroatoms. The van der Waals surface area contributed by atoms with Crippen LogP contribution in [0.5, 0.6) is 0 Å². The molecule has 0 bridgehead atoms. The average Bonchev–Trinajstić information content (AvgIpc) is 3.04. The molecular formula is C18H20FN5O3. The van der Waals surface area contributed by atoms with Gasteiger partial charge in [0.1, 0.15) is 5.82 Å². The maximum Gasteiger partial charge on any atom is 0.332 e. The van der Waals surface area contributed by atoms with E-state index in [2.05, 4.69) is 10.3 Å². The number of carbonyl (C=O) groups excluding carboxylic acids is 1. The van der Waals surface area contributed by atoms with E-state index in [9.17, 15) is 18.8 Å². The number of carbonyl (C=O) groups is 1. The van der Waals surface area contributed by atoms with Gasteiger partial charge in [-0.05, 0) is 37.1 Å². The Balaban J connectivity index is 1.70. The molecule has 0 aliphatic heterocycles. The molecule has 3 rings (SSSR count). The molecule has 0 aliphatic rings. The number of amides is 1. The van der Waals surface area contributed by atoms with Gasteiger partial charge in [0.25, 0.3) is 5.56 Å². The Morgan fingerprint density at radius 1 is 1.22 bits per heavy atom. The van der Waals surface area contributed by atoms with Crippen molar-refractivity contribution in [2.75, 3.05) is 5.32 Å². The number of rotatable bonds is 5. The first-order valence-electron chi connectivity index (χ1n) is 8.46. The first-order chi connectivity index (χ1) is 12.8. The van der Waals surface area contributed by atoms with E-state index >= 15 is 0 Å². The maximum absolute atomic E-state index is 13.1. The molecule has 27 heavy (non-hydrogen) atoms. The Labute approximate surface area is 153 Å². The molecule has 1 N–H and O–H groups in total. The summed E-state index contributed by atoms with van der Waals surface area (Å²) >= 11 is 0. The number of imidazole rings is 1. The third-order valence-corrected chi connectivity index (χ3v) is 4.48. The van der Waals surface area contributed by atoms with Crippen molar-refractivity contribution >= 4 is 22.8 Å². The molecule has 142 valence electrons. The van der Waals surface area contributed by atoms with E-state index in [0.717, 1.165) is 4.57 Å². The van der Waals surface area contributed by atoms with Crippen molar-refractivity contribution < 1.29 is 9.18 Å². The lowest BCUT2D eigenvalue weighted by molar-refractivity contribution is -0.116. The lowest BCUT2D eigenvalue weighted by Crippen LogP contribution is -2.37. The van der Waals surface area contributed by atoms with Crippen molar-refractivity contribution in [3.05, 3.63) is 56.7 Å². The zero-order valence-electron chi connectivity index (χ0n) is 15.3. The number of aryl methyl sites for hydroxylation is 3. The van der Waals surface area contributed by atoms with Gasteiger partial charge in [-0.1, -0.05) is 0 Å². The number of fused-ring (bicyclic) bond motifs is 1. The fraction of sp³-hybridized carbons (Fsp3) is 0.333. The Kier molecular flexibility index (Phi) is 4.93. The molecule has 1 aromatic carbocycles. The van der Waals surface area contributed by atoms with Crippen LogP contribution in [0.1, 0.15) is 18.4 Å². The van der Waals surface area contributed by atoms with Crippen molar-refractivity contribution in [3.63, 3.8) is 0 Å². The topological polar surface area (TPSA) is 90.9 Å². The van der Waals surface area contributed by atoms with Crippen LogP contribution in [0.4, 0.5) is 10.1 Å². The van der Waals surface area contributed by atoms with E-state index in [-0.39, 0.29) is 18.1 Å². The summed E-state index contributed by atoms with van der Waals surface area (Å²) in [5, 5.41) is 2.75. The number of nitrogens with one attached hydrogen (secondary N) is 1. The summed E-state index contributed by atoms with van der Waals surface area (Å²) in [6.45, 7) is 2.12. The van der Waals surface area contributed by atoms with Gasteiger partial charge >= 0.3 is 5.69 Å². The minimum atomic E-state index is -0.438. The third kappa shape index (κ3) is 3.53. The summed E-state index contributed by atoms with van der Waals surface area (Å²) in [6.07, 6.45) is 2.19. The summed E-state index contributed by atoms with van der Waals surface area (Å²) in [4.78, 5) is 40.6.